The first kappa shape index (κ1) is 23.7. The van der Waals surface area contributed by atoms with Gasteiger partial charge >= 0.3 is 0 Å². The molecule has 0 spiro atoms. The molecule has 0 bridgehead atoms. The average Bonchev–Trinajstić information content (AvgIpc) is 3.31. The van der Waals surface area contributed by atoms with Crippen molar-refractivity contribution in [2.75, 3.05) is 0 Å². The molecule has 0 atom stereocenters. The number of nitrogens with one attached hydrogen (secondary N) is 1. The van der Waals surface area contributed by atoms with Gasteiger partial charge in [-0.1, -0.05) is 40.9 Å². The summed E-state index contributed by atoms with van der Waals surface area (Å²) in [5, 5.41) is 2.90. The third-order valence-corrected chi connectivity index (χ3v) is 8.57. The number of aromatic nitrogens is 4. The summed E-state index contributed by atoms with van der Waals surface area (Å²) in [7, 11) is -3.69. The number of aromatic amines is 1. The van der Waals surface area contributed by atoms with Crippen molar-refractivity contribution < 1.29 is 8.42 Å². The largest absolute Gasteiger partial charge is 0.345 e. The lowest BCUT2D eigenvalue weighted by molar-refractivity contribution is 0.588. The Morgan fingerprint density at radius 3 is 2.19 bits per heavy atom. The zero-order valence-corrected chi connectivity index (χ0v) is 23.0. The average molecular weight is 711 g/mol. The van der Waals surface area contributed by atoms with E-state index >= 15 is 0 Å². The normalized spacial score (nSPS) is 11.5. The molecule has 1 aromatic carbocycles. The zero-order valence-electron chi connectivity index (χ0n) is 16.4. The minimum Gasteiger partial charge on any atom is -0.345 e. The van der Waals surface area contributed by atoms with Crippen molar-refractivity contribution in [3.8, 4) is 0 Å². The van der Waals surface area contributed by atoms with E-state index in [1.54, 1.807) is 48.8 Å². The van der Waals surface area contributed by atoms with E-state index in [2.05, 4.69) is 60.1 Å². The molecule has 6 nitrogen and oxygen atoms in total. The highest BCUT2D eigenvalue weighted by atomic mass is 127. The summed E-state index contributed by atoms with van der Waals surface area (Å²) < 4.78 is 28.6. The topological polar surface area (TPSA) is 80.6 Å². The molecule has 1 N–H and O–H groups in total. The Labute approximate surface area is 221 Å². The number of fused-ring (bicyclic) bond motifs is 2. The van der Waals surface area contributed by atoms with E-state index in [4.69, 9.17) is 23.2 Å². The number of nitrogens with zero attached hydrogens (tertiary/aromatic N) is 3. The number of H-pyrrole nitrogens is 1. The summed E-state index contributed by atoms with van der Waals surface area (Å²) >= 11 is 16.4. The molecule has 0 aliphatic carbocycles. The molecule has 0 saturated carbocycles. The fourth-order valence-corrected chi connectivity index (χ4v) is 6.86. The summed E-state index contributed by atoms with van der Waals surface area (Å²) in [4.78, 5) is 11.5. The fraction of sp³-hybridized carbons (Fsp3) is 0.0476. The number of hydrogen-bond acceptors (Lipinski definition) is 4. The van der Waals surface area contributed by atoms with Gasteiger partial charge in [0.1, 0.15) is 5.65 Å². The van der Waals surface area contributed by atoms with Gasteiger partial charge in [0.25, 0.3) is 10.0 Å². The van der Waals surface area contributed by atoms with E-state index < -0.39 is 10.0 Å². The summed E-state index contributed by atoms with van der Waals surface area (Å²) in [5.41, 5.74) is 2.19. The molecule has 0 saturated heterocycles. The molecule has 164 valence electrons. The van der Waals surface area contributed by atoms with Crippen molar-refractivity contribution in [2.45, 2.75) is 11.8 Å². The second-order valence-corrected chi connectivity index (χ2v) is 11.7. The zero-order chi connectivity index (χ0) is 23.0. The maximum Gasteiger partial charge on any atom is 0.269 e. The summed E-state index contributed by atoms with van der Waals surface area (Å²) in [5.74, 6) is 0. The summed E-state index contributed by atoms with van der Waals surface area (Å²) in [6, 6.07) is 10.2. The highest BCUT2D eigenvalue weighted by Gasteiger charge is 2.22. The second kappa shape index (κ2) is 9.45. The van der Waals surface area contributed by atoms with Crippen LogP contribution >= 0.6 is 68.4 Å². The van der Waals surface area contributed by atoms with Crippen LogP contribution in [0, 0.1) is 14.1 Å². The SMILES string of the molecule is Cc1ccc(S(=O)(=O)n2cc(I)c3c(Cl)ccnc32)cc1.Clc1ccnc2[nH]cc(I)c12. The van der Waals surface area contributed by atoms with Crippen molar-refractivity contribution in [1.29, 1.82) is 0 Å². The van der Waals surface area contributed by atoms with Gasteiger partial charge in [0.05, 0.1) is 25.7 Å². The molecule has 11 heteroatoms. The Kier molecular flexibility index (Phi) is 7.01. The van der Waals surface area contributed by atoms with Crippen LogP contribution in [0.1, 0.15) is 5.56 Å². The van der Waals surface area contributed by atoms with Crippen LogP contribution in [0.4, 0.5) is 0 Å². The summed E-state index contributed by atoms with van der Waals surface area (Å²) in [6.07, 6.45) is 6.63. The Morgan fingerprint density at radius 1 is 0.906 bits per heavy atom. The van der Waals surface area contributed by atoms with Crippen LogP contribution in [0.25, 0.3) is 22.1 Å². The Bertz CT molecular complexity index is 1550. The van der Waals surface area contributed by atoms with E-state index in [0.717, 1.165) is 28.8 Å². The van der Waals surface area contributed by atoms with Crippen molar-refractivity contribution >= 4 is 100 Å². The van der Waals surface area contributed by atoms with Crippen LogP contribution in [-0.2, 0) is 10.0 Å². The highest BCUT2D eigenvalue weighted by molar-refractivity contribution is 14.1. The molecule has 0 aliphatic rings. The number of rotatable bonds is 2. The first-order chi connectivity index (χ1) is 15.2. The predicted octanol–water partition coefficient (Wildman–Crippen LogP) is 6.66. The number of pyridine rings is 2. The molecule has 0 amide bonds. The minimum absolute atomic E-state index is 0.225. The van der Waals surface area contributed by atoms with E-state index in [9.17, 15) is 8.42 Å². The molecular formula is C21H14Cl2I2N4O2S. The third kappa shape index (κ3) is 4.49. The first-order valence-corrected chi connectivity index (χ1v) is 13.5. The van der Waals surface area contributed by atoms with Crippen LogP contribution in [0.5, 0.6) is 0 Å². The Hall–Kier alpha value is -1.41. The van der Waals surface area contributed by atoms with Gasteiger partial charge in [-0.3, -0.25) is 0 Å². The number of benzene rings is 1. The van der Waals surface area contributed by atoms with Crippen LogP contribution in [0.15, 0.2) is 66.1 Å². The van der Waals surface area contributed by atoms with Gasteiger partial charge in [0.2, 0.25) is 0 Å². The molecule has 5 aromatic rings. The van der Waals surface area contributed by atoms with Gasteiger partial charge in [-0.05, 0) is 76.4 Å². The number of halogens is 4. The van der Waals surface area contributed by atoms with Gasteiger partial charge < -0.3 is 4.98 Å². The molecule has 32 heavy (non-hydrogen) atoms. The lowest BCUT2D eigenvalue weighted by Crippen LogP contribution is -2.12. The number of hydrogen-bond donors (Lipinski definition) is 1. The van der Waals surface area contributed by atoms with Crippen LogP contribution in [-0.4, -0.2) is 27.3 Å². The predicted molar refractivity (Wildman–Crippen MR) is 145 cm³/mol. The van der Waals surface area contributed by atoms with Crippen molar-refractivity contribution in [1.82, 2.24) is 18.9 Å². The fourth-order valence-electron chi connectivity index (χ4n) is 3.03. The van der Waals surface area contributed by atoms with E-state index in [-0.39, 0.29) is 4.90 Å². The highest BCUT2D eigenvalue weighted by Crippen LogP contribution is 2.30. The molecule has 0 fully saturated rings. The van der Waals surface area contributed by atoms with Crippen molar-refractivity contribution in [3.05, 3.63) is 83.9 Å². The van der Waals surface area contributed by atoms with Gasteiger partial charge in [-0.25, -0.2) is 22.4 Å². The molecule has 4 heterocycles. The lowest BCUT2D eigenvalue weighted by Gasteiger charge is -2.07. The van der Waals surface area contributed by atoms with Gasteiger partial charge in [0, 0.05) is 31.9 Å². The van der Waals surface area contributed by atoms with E-state index in [1.807, 2.05) is 13.1 Å². The van der Waals surface area contributed by atoms with E-state index in [1.165, 1.54) is 10.2 Å². The smallest absolute Gasteiger partial charge is 0.269 e. The maximum atomic E-state index is 12.8. The van der Waals surface area contributed by atoms with Gasteiger partial charge in [0.15, 0.2) is 5.65 Å². The van der Waals surface area contributed by atoms with Crippen molar-refractivity contribution in [2.24, 2.45) is 0 Å². The standard InChI is InChI=1S/C14H10ClIN2O2S.C7H4ClIN2/c1-9-2-4-10(5-3-9)21(19,20)18-8-12(16)13-11(15)6-7-17-14(13)18;8-4-1-2-10-7-6(4)5(9)3-11-7/h2-8H,1H3;1-3H,(H,10,11). The first-order valence-electron chi connectivity index (χ1n) is 9.10. The Morgan fingerprint density at radius 2 is 1.53 bits per heavy atom. The molecule has 0 aliphatic heterocycles. The molecule has 0 unspecified atom stereocenters. The number of aryl methyl sites for hydroxylation is 1. The quantitative estimate of drug-likeness (QED) is 0.208. The van der Waals surface area contributed by atoms with Gasteiger partial charge in [-0.15, -0.1) is 0 Å². The minimum atomic E-state index is -3.69. The molecular weight excluding hydrogens is 697 g/mol. The van der Waals surface area contributed by atoms with E-state index in [0.29, 0.717) is 16.1 Å². The van der Waals surface area contributed by atoms with Gasteiger partial charge in [-0.2, -0.15) is 0 Å². The van der Waals surface area contributed by atoms with Crippen molar-refractivity contribution in [3.63, 3.8) is 0 Å². The lowest BCUT2D eigenvalue weighted by atomic mass is 10.2. The van der Waals surface area contributed by atoms with Crippen LogP contribution in [0.3, 0.4) is 0 Å². The monoisotopic (exact) mass is 710 g/mol. The second-order valence-electron chi connectivity index (χ2n) is 6.74. The maximum absolute atomic E-state index is 12.8. The van der Waals surface area contributed by atoms with Crippen LogP contribution in [0.2, 0.25) is 10.0 Å². The Balaban J connectivity index is 0.000000186. The third-order valence-electron chi connectivity index (χ3n) is 4.61. The molecule has 0 radical (unpaired) electrons. The van der Waals surface area contributed by atoms with Crippen LogP contribution < -0.4 is 0 Å². The molecule has 4 aromatic heterocycles. The summed E-state index contributed by atoms with van der Waals surface area (Å²) in [6.45, 7) is 1.91. The molecule has 5 rings (SSSR count).